The third-order valence-corrected chi connectivity index (χ3v) is 6.83. The Labute approximate surface area is 140 Å². The lowest BCUT2D eigenvalue weighted by molar-refractivity contribution is -0.129. The van der Waals surface area contributed by atoms with Crippen LogP contribution in [0.2, 0.25) is 0 Å². The standard InChI is InChI=1S/C21H29NO/c1-13-5-4-6-18(7-13)21(2,3)20(23)22-19-16-9-14-8-15(11-16)12-17(19)10-14/h4-7,14-17,19H,8-12H2,1-3H3,(H,22,23). The molecular weight excluding hydrogens is 282 g/mol. The monoisotopic (exact) mass is 311 g/mol. The summed E-state index contributed by atoms with van der Waals surface area (Å²) in [6, 6.07) is 8.82. The smallest absolute Gasteiger partial charge is 0.230 e. The van der Waals surface area contributed by atoms with Gasteiger partial charge in [0.1, 0.15) is 0 Å². The second-order valence-corrected chi connectivity index (χ2v) is 8.92. The highest BCUT2D eigenvalue weighted by atomic mass is 16.2. The molecule has 0 heterocycles. The summed E-state index contributed by atoms with van der Waals surface area (Å²) in [4.78, 5) is 13.1. The maximum atomic E-state index is 13.1. The summed E-state index contributed by atoms with van der Waals surface area (Å²) in [6.45, 7) is 6.22. The van der Waals surface area contributed by atoms with Crippen LogP contribution in [0.3, 0.4) is 0 Å². The SMILES string of the molecule is Cc1cccc(C(C)(C)C(=O)NC2C3CC4CC(C3)CC2C4)c1. The lowest BCUT2D eigenvalue weighted by Crippen LogP contribution is -2.58. The fourth-order valence-electron chi connectivity index (χ4n) is 5.66. The zero-order chi connectivity index (χ0) is 16.2. The molecule has 1 aromatic carbocycles. The third-order valence-electron chi connectivity index (χ3n) is 6.83. The molecule has 0 unspecified atom stereocenters. The number of aryl methyl sites for hydroxylation is 1. The molecule has 23 heavy (non-hydrogen) atoms. The molecule has 0 saturated heterocycles. The molecule has 0 radical (unpaired) electrons. The minimum absolute atomic E-state index is 0.209. The van der Waals surface area contributed by atoms with Crippen LogP contribution in [0.1, 0.15) is 57.1 Å². The van der Waals surface area contributed by atoms with Crippen molar-refractivity contribution in [1.29, 1.82) is 0 Å². The lowest BCUT2D eigenvalue weighted by atomic mass is 9.54. The van der Waals surface area contributed by atoms with Gasteiger partial charge in [0.15, 0.2) is 0 Å². The molecular formula is C21H29NO. The average molecular weight is 311 g/mol. The Morgan fingerprint density at radius 3 is 2.22 bits per heavy atom. The zero-order valence-corrected chi connectivity index (χ0v) is 14.6. The minimum Gasteiger partial charge on any atom is -0.352 e. The number of amides is 1. The summed E-state index contributed by atoms with van der Waals surface area (Å²) in [7, 11) is 0. The van der Waals surface area contributed by atoms with Crippen LogP contribution in [-0.2, 0) is 10.2 Å². The number of hydrogen-bond donors (Lipinski definition) is 1. The molecule has 0 aliphatic heterocycles. The highest BCUT2D eigenvalue weighted by molar-refractivity contribution is 5.87. The Morgan fingerprint density at radius 1 is 1.04 bits per heavy atom. The van der Waals surface area contributed by atoms with E-state index in [0.29, 0.717) is 6.04 Å². The molecule has 1 N–H and O–H groups in total. The van der Waals surface area contributed by atoms with Crippen LogP contribution in [0.15, 0.2) is 24.3 Å². The molecule has 0 aromatic heterocycles. The molecule has 4 aliphatic rings. The van der Waals surface area contributed by atoms with Crippen molar-refractivity contribution in [3.8, 4) is 0 Å². The van der Waals surface area contributed by atoms with Gasteiger partial charge in [-0.25, -0.2) is 0 Å². The van der Waals surface area contributed by atoms with Crippen LogP contribution >= 0.6 is 0 Å². The summed E-state index contributed by atoms with van der Waals surface area (Å²) in [5, 5.41) is 3.48. The van der Waals surface area contributed by atoms with Gasteiger partial charge in [-0.1, -0.05) is 29.8 Å². The predicted molar refractivity (Wildman–Crippen MR) is 93.2 cm³/mol. The van der Waals surface area contributed by atoms with Gasteiger partial charge in [0.05, 0.1) is 5.41 Å². The summed E-state index contributed by atoms with van der Waals surface area (Å²) < 4.78 is 0. The van der Waals surface area contributed by atoms with E-state index < -0.39 is 5.41 Å². The Morgan fingerprint density at radius 2 is 1.65 bits per heavy atom. The first-order valence-corrected chi connectivity index (χ1v) is 9.31. The van der Waals surface area contributed by atoms with Crippen molar-refractivity contribution in [3.63, 3.8) is 0 Å². The second kappa shape index (κ2) is 5.36. The van der Waals surface area contributed by atoms with E-state index in [1.807, 2.05) is 0 Å². The molecule has 124 valence electrons. The van der Waals surface area contributed by atoms with E-state index in [0.717, 1.165) is 29.2 Å². The third kappa shape index (κ3) is 2.60. The zero-order valence-electron chi connectivity index (χ0n) is 14.6. The van der Waals surface area contributed by atoms with Crippen LogP contribution in [0.4, 0.5) is 0 Å². The lowest BCUT2D eigenvalue weighted by Gasteiger charge is -2.54. The van der Waals surface area contributed by atoms with Gasteiger partial charge in [-0.3, -0.25) is 4.79 Å². The molecule has 2 nitrogen and oxygen atoms in total. The van der Waals surface area contributed by atoms with Crippen molar-refractivity contribution in [1.82, 2.24) is 5.32 Å². The van der Waals surface area contributed by atoms with Crippen LogP contribution in [0, 0.1) is 30.6 Å². The normalized spacial score (nSPS) is 35.3. The molecule has 4 aliphatic carbocycles. The number of carbonyl (C=O) groups excluding carboxylic acids is 1. The van der Waals surface area contributed by atoms with E-state index >= 15 is 0 Å². The number of nitrogens with one attached hydrogen (secondary N) is 1. The van der Waals surface area contributed by atoms with E-state index in [2.05, 4.69) is 50.4 Å². The number of hydrogen-bond acceptors (Lipinski definition) is 1. The van der Waals surface area contributed by atoms with Gasteiger partial charge in [0.25, 0.3) is 0 Å². The van der Waals surface area contributed by atoms with Gasteiger partial charge in [0, 0.05) is 6.04 Å². The Bertz CT molecular complexity index is 590. The number of carbonyl (C=O) groups is 1. The van der Waals surface area contributed by atoms with Crippen LogP contribution in [0.25, 0.3) is 0 Å². The summed E-state index contributed by atoms with van der Waals surface area (Å²) >= 11 is 0. The van der Waals surface area contributed by atoms with Crippen molar-refractivity contribution in [3.05, 3.63) is 35.4 Å². The van der Waals surface area contributed by atoms with Crippen LogP contribution < -0.4 is 5.32 Å². The topological polar surface area (TPSA) is 29.1 Å². The first kappa shape index (κ1) is 15.2. The van der Waals surface area contributed by atoms with Crippen molar-refractivity contribution in [2.75, 3.05) is 0 Å². The molecule has 5 rings (SSSR count). The largest absolute Gasteiger partial charge is 0.352 e. The van der Waals surface area contributed by atoms with Gasteiger partial charge in [-0.15, -0.1) is 0 Å². The molecule has 4 fully saturated rings. The predicted octanol–water partition coefficient (Wildman–Crippen LogP) is 4.21. The van der Waals surface area contributed by atoms with Gasteiger partial charge in [-0.2, -0.15) is 0 Å². The molecule has 4 bridgehead atoms. The van der Waals surface area contributed by atoms with E-state index in [-0.39, 0.29) is 5.91 Å². The highest BCUT2D eigenvalue weighted by Gasteiger charge is 2.49. The van der Waals surface area contributed by atoms with E-state index in [1.54, 1.807) is 0 Å². The second-order valence-electron chi connectivity index (χ2n) is 8.92. The molecule has 1 aromatic rings. The summed E-state index contributed by atoms with van der Waals surface area (Å²) in [6.07, 6.45) is 6.86. The quantitative estimate of drug-likeness (QED) is 0.890. The van der Waals surface area contributed by atoms with E-state index in [4.69, 9.17) is 0 Å². The van der Waals surface area contributed by atoms with E-state index in [9.17, 15) is 4.79 Å². The summed E-state index contributed by atoms with van der Waals surface area (Å²) in [5.41, 5.74) is 1.89. The molecule has 1 amide bonds. The molecule has 0 atom stereocenters. The summed E-state index contributed by atoms with van der Waals surface area (Å²) in [5.74, 6) is 3.60. The minimum atomic E-state index is -0.458. The van der Waals surface area contributed by atoms with E-state index in [1.165, 1.54) is 37.7 Å². The molecule has 0 spiro atoms. The van der Waals surface area contributed by atoms with Gasteiger partial charge in [-0.05, 0) is 82.1 Å². The first-order chi connectivity index (χ1) is 10.9. The Hall–Kier alpha value is -1.31. The van der Waals surface area contributed by atoms with Crippen LogP contribution in [0.5, 0.6) is 0 Å². The fraction of sp³-hybridized carbons (Fsp3) is 0.667. The molecule has 2 heteroatoms. The van der Waals surface area contributed by atoms with Crippen molar-refractivity contribution >= 4 is 5.91 Å². The maximum absolute atomic E-state index is 13.1. The average Bonchev–Trinajstić information content (AvgIpc) is 2.50. The Balaban J connectivity index is 1.51. The Kier molecular flexibility index (Phi) is 3.55. The first-order valence-electron chi connectivity index (χ1n) is 9.31. The van der Waals surface area contributed by atoms with Crippen molar-refractivity contribution < 1.29 is 4.79 Å². The van der Waals surface area contributed by atoms with Gasteiger partial charge >= 0.3 is 0 Å². The highest BCUT2D eigenvalue weighted by Crippen LogP contribution is 2.53. The van der Waals surface area contributed by atoms with Crippen molar-refractivity contribution in [2.24, 2.45) is 23.7 Å². The fourth-order valence-corrected chi connectivity index (χ4v) is 5.66. The van der Waals surface area contributed by atoms with Gasteiger partial charge < -0.3 is 5.32 Å². The molecule has 4 saturated carbocycles. The van der Waals surface area contributed by atoms with Gasteiger partial charge in [0.2, 0.25) is 5.91 Å². The van der Waals surface area contributed by atoms with Crippen molar-refractivity contribution in [2.45, 2.75) is 64.3 Å². The maximum Gasteiger partial charge on any atom is 0.230 e. The number of rotatable bonds is 3. The van der Waals surface area contributed by atoms with Crippen LogP contribution in [-0.4, -0.2) is 11.9 Å². The number of benzene rings is 1.